The van der Waals surface area contributed by atoms with Gasteiger partial charge in [-0.3, -0.25) is 19.8 Å². The number of nitrogens with zero attached hydrogens (tertiary/aromatic N) is 5. The second kappa shape index (κ2) is 11.2. The van der Waals surface area contributed by atoms with Crippen molar-refractivity contribution in [1.29, 1.82) is 0 Å². The normalized spacial score (nSPS) is 14.6. The molecule has 0 unspecified atom stereocenters. The number of halogens is 3. The number of ether oxygens (including phenoxy) is 1. The van der Waals surface area contributed by atoms with Gasteiger partial charge in [-0.15, -0.1) is 13.2 Å². The molecule has 38 heavy (non-hydrogen) atoms. The molecule has 1 aliphatic heterocycles. The van der Waals surface area contributed by atoms with Gasteiger partial charge in [-0.25, -0.2) is 4.98 Å². The molecule has 1 aliphatic rings. The summed E-state index contributed by atoms with van der Waals surface area (Å²) in [5, 5.41) is 11.7. The van der Waals surface area contributed by atoms with Crippen molar-refractivity contribution in [3.05, 3.63) is 64.3 Å². The summed E-state index contributed by atoms with van der Waals surface area (Å²) < 4.78 is 47.3. The fourth-order valence-corrected chi connectivity index (χ4v) is 4.06. The number of hydrogen-bond acceptors (Lipinski definition) is 8. The predicted octanol–water partition coefficient (Wildman–Crippen LogP) is 4.13. The molecule has 0 bridgehead atoms. The molecule has 0 aliphatic carbocycles. The Morgan fingerprint density at radius 3 is 2.37 bits per heavy atom. The highest BCUT2D eigenvalue weighted by atomic mass is 19.4. The van der Waals surface area contributed by atoms with Crippen LogP contribution in [0, 0.1) is 10.1 Å². The predicted molar refractivity (Wildman–Crippen MR) is 132 cm³/mol. The van der Waals surface area contributed by atoms with Gasteiger partial charge in [-0.2, -0.15) is 0 Å². The van der Waals surface area contributed by atoms with E-state index in [1.165, 1.54) is 30.3 Å². The van der Waals surface area contributed by atoms with E-state index in [1.807, 2.05) is 14.1 Å². The van der Waals surface area contributed by atoms with Crippen LogP contribution in [0.4, 0.5) is 18.9 Å². The number of oxazole rings is 1. The fraction of sp³-hybridized carbons (Fsp3) is 0.360. The first-order valence-electron chi connectivity index (χ1n) is 11.8. The van der Waals surface area contributed by atoms with Gasteiger partial charge >= 0.3 is 6.36 Å². The first-order valence-corrected chi connectivity index (χ1v) is 11.8. The summed E-state index contributed by atoms with van der Waals surface area (Å²) in [6.07, 6.45) is -4.85. The van der Waals surface area contributed by atoms with Crippen LogP contribution in [0.2, 0.25) is 0 Å². The van der Waals surface area contributed by atoms with E-state index in [0.29, 0.717) is 26.2 Å². The molecular weight excluding hydrogens is 507 g/mol. The molecule has 0 spiro atoms. The highest BCUT2D eigenvalue weighted by molar-refractivity contribution is 5.99. The molecule has 1 fully saturated rings. The Kier molecular flexibility index (Phi) is 7.97. The summed E-state index contributed by atoms with van der Waals surface area (Å²) in [4.78, 5) is 35.0. The molecule has 2 aromatic carbocycles. The number of nitro groups is 1. The van der Waals surface area contributed by atoms with Crippen LogP contribution < -0.4 is 4.74 Å². The minimum absolute atomic E-state index is 0.0651. The van der Waals surface area contributed by atoms with Gasteiger partial charge in [0.2, 0.25) is 5.89 Å². The summed E-state index contributed by atoms with van der Waals surface area (Å²) in [5.74, 6) is -1.03. The van der Waals surface area contributed by atoms with Gasteiger partial charge in [0.1, 0.15) is 5.75 Å². The zero-order valence-electron chi connectivity index (χ0n) is 20.8. The Balaban J connectivity index is 1.66. The van der Waals surface area contributed by atoms with Gasteiger partial charge in [0.25, 0.3) is 11.6 Å². The number of carbonyl (C=O) groups excluding carboxylic acids is 1. The SMILES string of the molecule is CN(C)CCN1CCN(C(=O)c2nc(-c3ccc(OC(F)(F)F)cc3)oc2-c2ccccc2[N+](=O)[O-])CC1. The number of likely N-dealkylation sites (N-methyl/N-ethyl adjacent to an activating group) is 1. The van der Waals surface area contributed by atoms with Crippen LogP contribution in [-0.4, -0.2) is 90.2 Å². The molecule has 13 heteroatoms. The summed E-state index contributed by atoms with van der Waals surface area (Å²) >= 11 is 0. The summed E-state index contributed by atoms with van der Waals surface area (Å²) in [7, 11) is 3.98. The first-order chi connectivity index (χ1) is 18.0. The number of carbonyl (C=O) groups is 1. The van der Waals surface area contributed by atoms with Crippen molar-refractivity contribution in [1.82, 2.24) is 19.7 Å². The maximum absolute atomic E-state index is 13.6. The molecule has 0 radical (unpaired) electrons. The zero-order chi connectivity index (χ0) is 27.4. The van der Waals surface area contributed by atoms with Crippen LogP contribution in [0.1, 0.15) is 10.5 Å². The van der Waals surface area contributed by atoms with Crippen molar-refractivity contribution in [2.45, 2.75) is 6.36 Å². The number of alkyl halides is 3. The maximum Gasteiger partial charge on any atom is 0.573 e. The summed E-state index contributed by atoms with van der Waals surface area (Å²) in [6.45, 7) is 3.94. The number of amides is 1. The molecule has 0 atom stereocenters. The molecule has 0 saturated carbocycles. The summed E-state index contributed by atoms with van der Waals surface area (Å²) in [5.41, 5.74) is -0.0357. The van der Waals surface area contributed by atoms with Crippen LogP contribution >= 0.6 is 0 Å². The van der Waals surface area contributed by atoms with Crippen LogP contribution in [0.3, 0.4) is 0 Å². The van der Waals surface area contributed by atoms with Crippen molar-refractivity contribution in [2.24, 2.45) is 0 Å². The van der Waals surface area contributed by atoms with Crippen molar-refractivity contribution < 1.29 is 32.0 Å². The number of aromatic nitrogens is 1. The number of rotatable bonds is 8. The minimum atomic E-state index is -4.85. The highest BCUT2D eigenvalue weighted by Gasteiger charge is 2.33. The number of piperazine rings is 1. The van der Waals surface area contributed by atoms with Gasteiger partial charge < -0.3 is 19.0 Å². The summed E-state index contributed by atoms with van der Waals surface area (Å²) in [6, 6.07) is 10.6. The molecular formula is C25H26F3N5O5. The fourth-order valence-electron chi connectivity index (χ4n) is 4.06. The lowest BCUT2D eigenvalue weighted by atomic mass is 10.1. The van der Waals surface area contributed by atoms with Crippen molar-refractivity contribution in [2.75, 3.05) is 53.4 Å². The van der Waals surface area contributed by atoms with Crippen LogP contribution in [0.25, 0.3) is 22.8 Å². The topological polar surface area (TPSA) is 105 Å². The molecule has 202 valence electrons. The van der Waals surface area contributed by atoms with Crippen molar-refractivity contribution in [3.8, 4) is 28.5 Å². The average Bonchev–Trinajstić information content (AvgIpc) is 3.32. The lowest BCUT2D eigenvalue weighted by Crippen LogP contribution is -2.50. The number of para-hydroxylation sites is 1. The van der Waals surface area contributed by atoms with Crippen molar-refractivity contribution in [3.63, 3.8) is 0 Å². The lowest BCUT2D eigenvalue weighted by molar-refractivity contribution is -0.384. The van der Waals surface area contributed by atoms with Gasteiger partial charge in [0, 0.05) is 50.9 Å². The Morgan fingerprint density at radius 2 is 1.76 bits per heavy atom. The molecule has 10 nitrogen and oxygen atoms in total. The Labute approximate surface area is 216 Å². The first kappa shape index (κ1) is 27.1. The van der Waals surface area contributed by atoms with E-state index in [9.17, 15) is 28.1 Å². The quantitative estimate of drug-likeness (QED) is 0.314. The third-order valence-corrected chi connectivity index (χ3v) is 6.03. The Hall–Kier alpha value is -3.97. The minimum Gasteiger partial charge on any atom is -0.435 e. The van der Waals surface area contributed by atoms with E-state index in [0.717, 1.165) is 25.2 Å². The third-order valence-electron chi connectivity index (χ3n) is 6.03. The lowest BCUT2D eigenvalue weighted by Gasteiger charge is -2.34. The third kappa shape index (κ3) is 6.47. The highest BCUT2D eigenvalue weighted by Crippen LogP contribution is 2.36. The van der Waals surface area contributed by atoms with E-state index in [4.69, 9.17) is 4.42 Å². The molecule has 2 heterocycles. The smallest absolute Gasteiger partial charge is 0.435 e. The van der Waals surface area contributed by atoms with Crippen LogP contribution in [0.5, 0.6) is 5.75 Å². The zero-order valence-corrected chi connectivity index (χ0v) is 20.8. The number of benzene rings is 2. The maximum atomic E-state index is 13.6. The standard InChI is InChI=1S/C25H26F3N5O5/c1-30(2)11-12-31-13-15-32(16-14-31)24(34)21-22(19-5-3-4-6-20(19)33(35)36)37-23(29-21)17-7-9-18(10-8-17)38-25(26,27)28/h3-10H,11-16H2,1-2H3. The van der Waals surface area contributed by atoms with Crippen LogP contribution in [0.15, 0.2) is 52.9 Å². The van der Waals surface area contributed by atoms with Crippen molar-refractivity contribution >= 4 is 11.6 Å². The molecule has 1 aromatic heterocycles. The van der Waals surface area contributed by atoms with Gasteiger partial charge in [0.05, 0.1) is 10.5 Å². The van der Waals surface area contributed by atoms with Gasteiger partial charge in [0.15, 0.2) is 11.5 Å². The second-order valence-corrected chi connectivity index (χ2v) is 8.98. The van der Waals surface area contributed by atoms with E-state index in [-0.39, 0.29) is 34.2 Å². The van der Waals surface area contributed by atoms with Crippen LogP contribution in [-0.2, 0) is 0 Å². The number of nitro benzene ring substituents is 1. The monoisotopic (exact) mass is 533 g/mol. The van der Waals surface area contributed by atoms with E-state index in [2.05, 4.69) is 19.5 Å². The van der Waals surface area contributed by atoms with Gasteiger partial charge in [-0.05, 0) is 44.4 Å². The Bertz CT molecular complexity index is 1290. The van der Waals surface area contributed by atoms with E-state index < -0.39 is 22.9 Å². The number of hydrogen-bond donors (Lipinski definition) is 0. The van der Waals surface area contributed by atoms with Gasteiger partial charge in [-0.1, -0.05) is 12.1 Å². The Morgan fingerprint density at radius 1 is 1.11 bits per heavy atom. The molecule has 4 rings (SSSR count). The van der Waals surface area contributed by atoms with E-state index >= 15 is 0 Å². The molecule has 3 aromatic rings. The second-order valence-electron chi connectivity index (χ2n) is 8.98. The molecule has 1 amide bonds. The largest absolute Gasteiger partial charge is 0.573 e. The molecule has 1 saturated heterocycles. The molecule has 0 N–H and O–H groups in total. The van der Waals surface area contributed by atoms with E-state index in [1.54, 1.807) is 11.0 Å². The average molecular weight is 534 g/mol.